The summed E-state index contributed by atoms with van der Waals surface area (Å²) in [5.74, 6) is 0.921. The average molecular weight is 476 g/mol. The lowest BCUT2D eigenvalue weighted by atomic mass is 9.98. The number of urea groups is 1. The molecule has 1 aromatic heterocycles. The van der Waals surface area contributed by atoms with E-state index in [4.69, 9.17) is 9.26 Å². The number of aromatic nitrogens is 2. The zero-order valence-electron chi connectivity index (χ0n) is 18.6. The molecule has 0 aliphatic carbocycles. The Morgan fingerprint density at radius 3 is 2.39 bits per heavy atom. The van der Waals surface area contributed by atoms with Crippen molar-refractivity contribution in [3.63, 3.8) is 0 Å². The van der Waals surface area contributed by atoms with Crippen LogP contribution >= 0.6 is 0 Å². The van der Waals surface area contributed by atoms with Gasteiger partial charge in [0.15, 0.2) is 0 Å². The van der Waals surface area contributed by atoms with E-state index < -0.39 is 10.0 Å². The highest BCUT2D eigenvalue weighted by molar-refractivity contribution is 7.89. The molecular formula is C22H29N5O5S. The summed E-state index contributed by atoms with van der Waals surface area (Å²) in [6, 6.07) is 6.67. The second kappa shape index (κ2) is 9.40. The fourth-order valence-corrected chi connectivity index (χ4v) is 6.20. The van der Waals surface area contributed by atoms with Crippen molar-refractivity contribution in [2.24, 2.45) is 0 Å². The van der Waals surface area contributed by atoms with Crippen LogP contribution in [-0.2, 0) is 14.8 Å². The standard InChI is InChI=1S/C22H29N5O5S/c28-22(25-12-14-31-15-13-25)26-9-3-4-18(16-26)21-23-20(24-32-21)17-5-7-19(8-6-17)33(29,30)27-10-1-2-11-27/h5-8,18H,1-4,9-16H2/t18-/m0/s1. The normalized spacial score (nSPS) is 22.6. The average Bonchev–Trinajstić information content (AvgIpc) is 3.58. The number of rotatable bonds is 4. The maximum Gasteiger partial charge on any atom is 0.320 e. The van der Waals surface area contributed by atoms with Crippen molar-refractivity contribution in [3.05, 3.63) is 30.2 Å². The van der Waals surface area contributed by atoms with Crippen molar-refractivity contribution in [3.8, 4) is 11.4 Å². The van der Waals surface area contributed by atoms with Gasteiger partial charge in [0.25, 0.3) is 0 Å². The monoisotopic (exact) mass is 475 g/mol. The van der Waals surface area contributed by atoms with Crippen molar-refractivity contribution >= 4 is 16.1 Å². The van der Waals surface area contributed by atoms with E-state index in [9.17, 15) is 13.2 Å². The lowest BCUT2D eigenvalue weighted by molar-refractivity contribution is 0.0403. The van der Waals surface area contributed by atoms with Gasteiger partial charge in [-0.15, -0.1) is 0 Å². The Kier molecular flexibility index (Phi) is 6.35. The first-order chi connectivity index (χ1) is 16.0. The summed E-state index contributed by atoms with van der Waals surface area (Å²) in [5, 5.41) is 4.11. The fraction of sp³-hybridized carbons (Fsp3) is 0.591. The van der Waals surface area contributed by atoms with Crippen LogP contribution in [0.15, 0.2) is 33.7 Å². The Morgan fingerprint density at radius 1 is 0.939 bits per heavy atom. The van der Waals surface area contributed by atoms with Gasteiger partial charge in [-0.1, -0.05) is 5.16 Å². The third-order valence-corrected chi connectivity index (χ3v) is 8.49. The van der Waals surface area contributed by atoms with Gasteiger partial charge in [-0.25, -0.2) is 13.2 Å². The van der Waals surface area contributed by atoms with E-state index in [1.54, 1.807) is 24.3 Å². The van der Waals surface area contributed by atoms with Crippen LogP contribution in [0, 0.1) is 0 Å². The zero-order chi connectivity index (χ0) is 22.8. The third-order valence-electron chi connectivity index (χ3n) is 6.58. The van der Waals surface area contributed by atoms with Gasteiger partial charge in [0, 0.05) is 44.8 Å². The number of likely N-dealkylation sites (tertiary alicyclic amines) is 1. The Bertz CT molecular complexity index is 1070. The van der Waals surface area contributed by atoms with Gasteiger partial charge in [0.1, 0.15) is 0 Å². The molecule has 1 atom stereocenters. The van der Waals surface area contributed by atoms with Crippen LogP contribution in [0.25, 0.3) is 11.4 Å². The summed E-state index contributed by atoms with van der Waals surface area (Å²) in [6.07, 6.45) is 3.56. The second-order valence-electron chi connectivity index (χ2n) is 8.76. The third kappa shape index (κ3) is 4.62. The van der Waals surface area contributed by atoms with Crippen LogP contribution in [0.3, 0.4) is 0 Å². The highest BCUT2D eigenvalue weighted by Gasteiger charge is 2.32. The minimum absolute atomic E-state index is 0.0141. The van der Waals surface area contributed by atoms with E-state index in [-0.39, 0.29) is 16.8 Å². The van der Waals surface area contributed by atoms with Gasteiger partial charge in [0.2, 0.25) is 21.7 Å². The lowest BCUT2D eigenvalue weighted by Gasteiger charge is -2.36. The van der Waals surface area contributed by atoms with Crippen LogP contribution in [-0.4, -0.2) is 91.2 Å². The molecule has 1 aromatic carbocycles. The molecule has 178 valence electrons. The van der Waals surface area contributed by atoms with Crippen LogP contribution in [0.2, 0.25) is 0 Å². The number of hydrogen-bond donors (Lipinski definition) is 0. The molecule has 5 rings (SSSR count). The number of hydrogen-bond acceptors (Lipinski definition) is 7. The molecule has 2 amide bonds. The number of nitrogens with zero attached hydrogens (tertiary/aromatic N) is 5. The molecule has 0 radical (unpaired) electrons. The molecule has 3 saturated heterocycles. The topological polar surface area (TPSA) is 109 Å². The van der Waals surface area contributed by atoms with Gasteiger partial charge in [-0.3, -0.25) is 0 Å². The number of sulfonamides is 1. The van der Waals surface area contributed by atoms with Gasteiger partial charge >= 0.3 is 6.03 Å². The first kappa shape index (κ1) is 22.3. The highest BCUT2D eigenvalue weighted by Crippen LogP contribution is 2.29. The van der Waals surface area contributed by atoms with Gasteiger partial charge in [0.05, 0.1) is 24.0 Å². The quantitative estimate of drug-likeness (QED) is 0.666. The molecule has 0 bridgehead atoms. The van der Waals surface area contributed by atoms with Crippen LogP contribution < -0.4 is 0 Å². The van der Waals surface area contributed by atoms with Crippen molar-refractivity contribution in [2.45, 2.75) is 36.5 Å². The van der Waals surface area contributed by atoms with Gasteiger partial charge in [-0.05, 0) is 49.9 Å². The van der Waals surface area contributed by atoms with E-state index in [0.717, 1.165) is 32.2 Å². The molecule has 2 aromatic rings. The van der Waals surface area contributed by atoms with Crippen molar-refractivity contribution in [2.75, 3.05) is 52.5 Å². The Labute approximate surface area is 193 Å². The molecule has 0 N–H and O–H groups in total. The van der Waals surface area contributed by atoms with Gasteiger partial charge in [-0.2, -0.15) is 9.29 Å². The number of morpholine rings is 1. The Hall–Kier alpha value is -2.50. The van der Waals surface area contributed by atoms with E-state index in [2.05, 4.69) is 10.1 Å². The first-order valence-corrected chi connectivity index (χ1v) is 13.0. The fourth-order valence-electron chi connectivity index (χ4n) is 4.68. The molecule has 0 spiro atoms. The summed E-state index contributed by atoms with van der Waals surface area (Å²) >= 11 is 0. The summed E-state index contributed by atoms with van der Waals surface area (Å²) in [5.41, 5.74) is 0.697. The lowest BCUT2D eigenvalue weighted by Crippen LogP contribution is -2.50. The predicted molar refractivity (Wildman–Crippen MR) is 119 cm³/mol. The molecule has 33 heavy (non-hydrogen) atoms. The molecule has 0 unspecified atom stereocenters. The van der Waals surface area contributed by atoms with E-state index in [0.29, 0.717) is 63.2 Å². The molecular weight excluding hydrogens is 446 g/mol. The predicted octanol–water partition coefficient (Wildman–Crippen LogP) is 2.15. The highest BCUT2D eigenvalue weighted by atomic mass is 32.2. The summed E-state index contributed by atoms with van der Waals surface area (Å²) in [6.45, 7) is 4.81. The first-order valence-electron chi connectivity index (χ1n) is 11.6. The molecule has 3 aliphatic rings. The molecule has 10 nitrogen and oxygen atoms in total. The molecule has 3 aliphatic heterocycles. The number of piperidine rings is 1. The van der Waals surface area contributed by atoms with Crippen LogP contribution in [0.5, 0.6) is 0 Å². The number of benzene rings is 1. The minimum Gasteiger partial charge on any atom is -0.378 e. The number of amides is 2. The molecule has 4 heterocycles. The van der Waals surface area contributed by atoms with Gasteiger partial charge < -0.3 is 19.1 Å². The number of carbonyl (C=O) groups excluding carboxylic acids is 1. The van der Waals surface area contributed by atoms with E-state index in [1.807, 2.05) is 9.80 Å². The summed E-state index contributed by atoms with van der Waals surface area (Å²) in [7, 11) is -3.45. The van der Waals surface area contributed by atoms with E-state index in [1.165, 1.54) is 4.31 Å². The summed E-state index contributed by atoms with van der Waals surface area (Å²) in [4.78, 5) is 21.4. The molecule has 0 saturated carbocycles. The zero-order valence-corrected chi connectivity index (χ0v) is 19.4. The number of ether oxygens (including phenoxy) is 1. The Morgan fingerprint density at radius 2 is 1.67 bits per heavy atom. The molecule has 3 fully saturated rings. The van der Waals surface area contributed by atoms with Crippen molar-refractivity contribution in [1.29, 1.82) is 0 Å². The maximum atomic E-state index is 12.8. The second-order valence-corrected chi connectivity index (χ2v) is 10.7. The molecule has 11 heteroatoms. The smallest absolute Gasteiger partial charge is 0.320 e. The SMILES string of the molecule is O=C(N1CCOCC1)N1CCC[C@H](c2nc(-c3ccc(S(=O)(=O)N4CCCC4)cc3)no2)C1. The minimum atomic E-state index is -3.45. The van der Waals surface area contributed by atoms with Crippen molar-refractivity contribution < 1.29 is 22.5 Å². The van der Waals surface area contributed by atoms with Crippen LogP contribution in [0.4, 0.5) is 4.79 Å². The largest absolute Gasteiger partial charge is 0.378 e. The maximum absolute atomic E-state index is 12.8. The Balaban J connectivity index is 1.26. The van der Waals surface area contributed by atoms with Crippen LogP contribution in [0.1, 0.15) is 37.5 Å². The summed E-state index contributed by atoms with van der Waals surface area (Å²) < 4.78 is 37.9. The van der Waals surface area contributed by atoms with E-state index >= 15 is 0 Å². The van der Waals surface area contributed by atoms with Crippen molar-refractivity contribution in [1.82, 2.24) is 24.2 Å². The number of carbonyl (C=O) groups is 1.